The highest BCUT2D eigenvalue weighted by Gasteiger charge is 2.36. The average Bonchev–Trinajstić information content (AvgIpc) is 3.47. The van der Waals surface area contributed by atoms with Gasteiger partial charge in [-0.3, -0.25) is 4.90 Å². The number of piperidine rings is 3. The maximum absolute atomic E-state index is 12.8. The smallest absolute Gasteiger partial charge is 0.396 e. The summed E-state index contributed by atoms with van der Waals surface area (Å²) >= 11 is 0. The lowest BCUT2D eigenvalue weighted by Gasteiger charge is -2.42. The third-order valence-electron chi connectivity index (χ3n) is 19.3. The number of aliphatic hydroxyl groups is 1. The molecule has 0 spiro atoms. The maximum atomic E-state index is 12.8. The van der Waals surface area contributed by atoms with E-state index in [9.17, 15) is 26.3 Å². The first-order valence-electron chi connectivity index (χ1n) is 30.8. The van der Waals surface area contributed by atoms with Crippen LogP contribution < -0.4 is 0 Å². The minimum absolute atomic E-state index is 0.123. The number of nitrogens with zero attached hydrogens (tertiary/aromatic N) is 3. The van der Waals surface area contributed by atoms with Crippen LogP contribution in [-0.2, 0) is 38.1 Å². The topological polar surface area (TPSA) is 48.4 Å². The molecule has 450 valence electrons. The van der Waals surface area contributed by atoms with Crippen molar-refractivity contribution < 1.29 is 40.9 Å². The van der Waals surface area contributed by atoms with Gasteiger partial charge in [0.1, 0.15) is 0 Å². The Morgan fingerprint density at radius 2 is 0.900 bits per heavy atom. The zero-order chi connectivity index (χ0) is 58.3. The molecule has 0 aromatic heterocycles. The van der Waals surface area contributed by atoms with Crippen molar-refractivity contribution in [1.29, 1.82) is 0 Å². The van der Waals surface area contributed by atoms with E-state index in [0.29, 0.717) is 18.0 Å². The fraction of sp³-hybridized carbons (Fsp3) is 0.706. The number of alkyl halides is 6. The number of ether oxygens (including phenoxy) is 2. The van der Waals surface area contributed by atoms with Gasteiger partial charge < -0.3 is 24.4 Å². The van der Waals surface area contributed by atoms with Gasteiger partial charge in [-0.25, -0.2) is 0 Å². The van der Waals surface area contributed by atoms with Crippen molar-refractivity contribution in [3.8, 4) is 0 Å². The van der Waals surface area contributed by atoms with Crippen LogP contribution in [-0.4, -0.2) is 111 Å². The molecular formula is C68H103F6N3O3. The van der Waals surface area contributed by atoms with Crippen molar-refractivity contribution in [2.45, 2.75) is 200 Å². The van der Waals surface area contributed by atoms with Crippen molar-refractivity contribution in [1.82, 2.24) is 14.7 Å². The third-order valence-corrected chi connectivity index (χ3v) is 19.3. The fourth-order valence-corrected chi connectivity index (χ4v) is 13.7. The molecule has 0 amide bonds. The molecule has 5 aliphatic rings. The zero-order valence-corrected chi connectivity index (χ0v) is 50.8. The summed E-state index contributed by atoms with van der Waals surface area (Å²) in [6.07, 6.45) is 10.4. The lowest BCUT2D eigenvalue weighted by molar-refractivity contribution is -0.138. The molecule has 5 saturated heterocycles. The second-order valence-corrected chi connectivity index (χ2v) is 26.9. The number of aliphatic hydroxyl groups excluding tert-OH is 1. The second-order valence-electron chi connectivity index (χ2n) is 26.9. The lowest BCUT2D eigenvalue weighted by atomic mass is 9.76. The van der Waals surface area contributed by atoms with Crippen molar-refractivity contribution in [3.05, 3.63) is 118 Å². The highest BCUT2D eigenvalue weighted by Crippen LogP contribution is 2.39. The van der Waals surface area contributed by atoms with E-state index in [1.807, 2.05) is 0 Å². The van der Waals surface area contributed by atoms with Crippen molar-refractivity contribution in [3.63, 3.8) is 0 Å². The largest absolute Gasteiger partial charge is 0.416 e. The van der Waals surface area contributed by atoms with Crippen molar-refractivity contribution in [2.24, 2.45) is 29.6 Å². The van der Waals surface area contributed by atoms with E-state index in [-0.39, 0.29) is 22.9 Å². The number of aryl methyl sites for hydroxylation is 1. The van der Waals surface area contributed by atoms with E-state index in [4.69, 9.17) is 14.6 Å². The van der Waals surface area contributed by atoms with E-state index in [0.717, 1.165) is 126 Å². The van der Waals surface area contributed by atoms with Crippen LogP contribution in [0.5, 0.6) is 0 Å². The summed E-state index contributed by atoms with van der Waals surface area (Å²) in [5.74, 6) is 4.12. The molecule has 0 saturated carbocycles. The number of hydrogen-bond acceptors (Lipinski definition) is 6. The van der Waals surface area contributed by atoms with E-state index in [1.54, 1.807) is 24.3 Å². The fourth-order valence-electron chi connectivity index (χ4n) is 13.7. The van der Waals surface area contributed by atoms with Gasteiger partial charge in [-0.15, -0.1) is 0 Å². The molecule has 6 nitrogen and oxygen atoms in total. The van der Waals surface area contributed by atoms with Crippen LogP contribution in [0.2, 0.25) is 0 Å². The monoisotopic (exact) mass is 1120 g/mol. The molecule has 0 bridgehead atoms. The Morgan fingerprint density at radius 1 is 0.525 bits per heavy atom. The minimum Gasteiger partial charge on any atom is -0.396 e. The summed E-state index contributed by atoms with van der Waals surface area (Å²) in [4.78, 5) is 7.76. The van der Waals surface area contributed by atoms with Crippen LogP contribution in [0.25, 0.3) is 0 Å². The quantitative estimate of drug-likeness (QED) is 0.107. The van der Waals surface area contributed by atoms with Gasteiger partial charge in [0.15, 0.2) is 0 Å². The third kappa shape index (κ3) is 20.2. The number of halogens is 6. The molecule has 1 N–H and O–H groups in total. The summed E-state index contributed by atoms with van der Waals surface area (Å²) < 4.78 is 87.5. The summed E-state index contributed by atoms with van der Waals surface area (Å²) in [5, 5.41) is 9.06. The Morgan fingerprint density at radius 3 is 1.32 bits per heavy atom. The molecule has 5 heterocycles. The first-order valence-corrected chi connectivity index (χ1v) is 30.8. The van der Waals surface area contributed by atoms with Crippen LogP contribution in [0.15, 0.2) is 84.4 Å². The van der Waals surface area contributed by atoms with Gasteiger partial charge in [0.2, 0.25) is 0 Å². The number of allylic oxidation sites excluding steroid dienone is 1. The van der Waals surface area contributed by atoms with Gasteiger partial charge in [-0.1, -0.05) is 107 Å². The minimum atomic E-state index is -4.28. The molecule has 3 aromatic rings. The van der Waals surface area contributed by atoms with Gasteiger partial charge in [0.25, 0.3) is 0 Å². The lowest BCUT2D eigenvalue weighted by Crippen LogP contribution is -2.44. The molecular weight excluding hydrogens is 1020 g/mol. The van der Waals surface area contributed by atoms with Gasteiger partial charge in [0, 0.05) is 45.1 Å². The van der Waals surface area contributed by atoms with E-state index in [1.165, 1.54) is 112 Å². The maximum Gasteiger partial charge on any atom is 0.416 e. The Kier molecular flexibility index (Phi) is 24.7. The first kappa shape index (κ1) is 65.9. The Balaban J connectivity index is 0.000000194. The molecule has 12 heteroatoms. The first-order chi connectivity index (χ1) is 37.7. The van der Waals surface area contributed by atoms with Crippen LogP contribution in [0.4, 0.5) is 26.3 Å². The normalized spacial score (nSPS) is 20.8. The van der Waals surface area contributed by atoms with E-state index < -0.39 is 23.5 Å². The highest BCUT2D eigenvalue weighted by atomic mass is 19.4. The van der Waals surface area contributed by atoms with E-state index >= 15 is 0 Å². The van der Waals surface area contributed by atoms with Crippen LogP contribution >= 0.6 is 0 Å². The van der Waals surface area contributed by atoms with Gasteiger partial charge in [-0.05, 0) is 250 Å². The molecule has 8 rings (SSSR count). The SMILES string of the molecule is CC(C)(CCN1CCC(C2CCOCC2)CC1)c1ccc(C(F)(F)F)cc1.CC(C)=CC(CC(C)(C)c1ccc(C)cc1)N1CCC(C2CCOCC2)CC1.CC(CC(C)(C)c1ccc(C(F)(F)F)cc1)N1CCC(CCO)CC1. The summed E-state index contributed by atoms with van der Waals surface area (Å²) in [5.41, 5.74) is 4.89. The predicted molar refractivity (Wildman–Crippen MR) is 316 cm³/mol. The Bertz CT molecular complexity index is 2250. The molecule has 0 aliphatic carbocycles. The summed E-state index contributed by atoms with van der Waals surface area (Å²) in [7, 11) is 0. The Hall–Kier alpha value is -3.26. The number of rotatable bonds is 17. The van der Waals surface area contributed by atoms with Gasteiger partial charge in [-0.2, -0.15) is 26.3 Å². The molecule has 3 aromatic carbocycles. The number of benzene rings is 3. The summed E-state index contributed by atoms with van der Waals surface area (Å²) in [6.45, 7) is 34.1. The van der Waals surface area contributed by atoms with Crippen LogP contribution in [0, 0.1) is 36.5 Å². The van der Waals surface area contributed by atoms with Gasteiger partial charge in [0.05, 0.1) is 11.1 Å². The van der Waals surface area contributed by atoms with E-state index in [2.05, 4.69) is 114 Å². The van der Waals surface area contributed by atoms with Crippen LogP contribution in [0.3, 0.4) is 0 Å². The molecule has 0 radical (unpaired) electrons. The van der Waals surface area contributed by atoms with Crippen LogP contribution in [0.1, 0.15) is 186 Å². The predicted octanol–water partition coefficient (Wildman–Crippen LogP) is 16.5. The standard InChI is InChI=1S/C26H41NO.C22H32F3NO.C20H30F3NO/c1-20(2)18-25(19-26(4,5)24-8-6-21(3)7-9-24)27-14-10-22(11-15-27)23-12-16-28-17-13-23;1-21(2,19-3-5-20(6-4-19)22(23,24)25)11-14-26-12-7-17(8-13-26)18-9-15-27-16-10-18;1-15(24-11-8-16(9-12-24)10-13-25)14-19(2,3)17-4-6-18(7-5-17)20(21,22)23/h6-9,18,22-23,25H,10-17,19H2,1-5H3;3-6,17-18H,7-16H2,1-2H3;4-7,15-16,25H,8-14H2,1-3H3. The zero-order valence-electron chi connectivity index (χ0n) is 50.8. The molecule has 80 heavy (non-hydrogen) atoms. The molecule has 5 fully saturated rings. The van der Waals surface area contributed by atoms with Gasteiger partial charge >= 0.3 is 12.4 Å². The highest BCUT2D eigenvalue weighted by molar-refractivity contribution is 5.31. The Labute approximate surface area is 479 Å². The van der Waals surface area contributed by atoms with Crippen molar-refractivity contribution >= 4 is 0 Å². The second kappa shape index (κ2) is 30.0. The average molecular weight is 1120 g/mol. The number of likely N-dealkylation sites (tertiary alicyclic amines) is 3. The number of hydrogen-bond donors (Lipinski definition) is 1. The molecule has 2 atom stereocenters. The van der Waals surface area contributed by atoms with Crippen molar-refractivity contribution in [2.75, 3.05) is 78.8 Å². The summed E-state index contributed by atoms with van der Waals surface area (Å²) in [6, 6.07) is 21.4. The molecule has 5 aliphatic heterocycles. The molecule has 2 unspecified atom stereocenters.